The highest BCUT2D eigenvalue weighted by atomic mass is 35.5. The zero-order valence-corrected chi connectivity index (χ0v) is 24.3. The summed E-state index contributed by atoms with van der Waals surface area (Å²) in [6.07, 6.45) is 5.08. The Morgan fingerprint density at radius 3 is 2.44 bits per heavy atom. The lowest BCUT2D eigenvalue weighted by molar-refractivity contribution is 0.0697. The first-order valence-corrected chi connectivity index (χ1v) is 14.7. The molecule has 3 aromatic rings. The first-order valence-electron chi connectivity index (χ1n) is 12.7. The van der Waals surface area contributed by atoms with Crippen LogP contribution in [0.5, 0.6) is 5.75 Å². The first-order chi connectivity index (χ1) is 19.4. The van der Waals surface area contributed by atoms with Crippen molar-refractivity contribution in [1.82, 2.24) is 4.57 Å². The van der Waals surface area contributed by atoms with E-state index in [4.69, 9.17) is 16.3 Å². The van der Waals surface area contributed by atoms with Gasteiger partial charge in [-0.25, -0.2) is 22.0 Å². The van der Waals surface area contributed by atoms with E-state index in [2.05, 4.69) is 0 Å². The van der Waals surface area contributed by atoms with Crippen molar-refractivity contribution in [2.24, 2.45) is 0 Å². The molecule has 1 N–H and O–H groups in total. The topological polar surface area (TPSA) is 88.8 Å². The Bertz CT molecular complexity index is 1690. The van der Waals surface area contributed by atoms with Gasteiger partial charge in [-0.05, 0) is 74.9 Å². The number of hydrogen-bond donors (Lipinski definition) is 1. The fourth-order valence-electron chi connectivity index (χ4n) is 4.62. The van der Waals surface area contributed by atoms with Crippen molar-refractivity contribution in [2.75, 3.05) is 23.7 Å². The number of nitrogens with zero attached hydrogens (tertiary/aromatic N) is 2. The van der Waals surface area contributed by atoms with E-state index in [1.165, 1.54) is 35.5 Å². The van der Waals surface area contributed by atoms with Gasteiger partial charge >= 0.3 is 5.97 Å². The van der Waals surface area contributed by atoms with Gasteiger partial charge in [0, 0.05) is 40.5 Å². The highest BCUT2D eigenvalue weighted by Crippen LogP contribution is 2.37. The number of aryl methyl sites for hydroxylation is 1. The Morgan fingerprint density at radius 1 is 1.05 bits per heavy atom. The largest absolute Gasteiger partial charge is 0.496 e. The molecule has 0 saturated carbocycles. The molecule has 1 aliphatic carbocycles. The fourth-order valence-corrected chi connectivity index (χ4v) is 6.35. The molecular formula is C30H29ClF2N2O5S. The minimum atomic E-state index is -3.46. The molecule has 41 heavy (non-hydrogen) atoms. The molecule has 0 atom stereocenters. The summed E-state index contributed by atoms with van der Waals surface area (Å²) in [4.78, 5) is 11.8. The zero-order chi connectivity index (χ0) is 29.9. The number of methoxy groups -OCH3 is 1. The van der Waals surface area contributed by atoms with Crippen molar-refractivity contribution in [3.63, 3.8) is 0 Å². The maximum absolute atomic E-state index is 12.6. The van der Waals surface area contributed by atoms with Gasteiger partial charge in [0.25, 0.3) is 0 Å². The van der Waals surface area contributed by atoms with Crippen LogP contribution in [0.15, 0.2) is 84.0 Å². The van der Waals surface area contributed by atoms with Crippen molar-refractivity contribution in [3.05, 3.63) is 100 Å². The molecule has 11 heteroatoms. The molecule has 0 unspecified atom stereocenters. The van der Waals surface area contributed by atoms with Crippen LogP contribution >= 0.6 is 11.6 Å². The minimum Gasteiger partial charge on any atom is -0.496 e. The molecule has 1 aromatic heterocycles. The molecule has 0 amide bonds. The number of carboxylic acid groups (broad SMARTS) is 1. The van der Waals surface area contributed by atoms with Gasteiger partial charge in [-0.1, -0.05) is 23.8 Å². The number of aromatic nitrogens is 1. The van der Waals surface area contributed by atoms with Gasteiger partial charge in [0.2, 0.25) is 10.0 Å². The number of carbonyl (C=O) groups is 1. The highest BCUT2D eigenvalue weighted by Gasteiger charge is 2.29. The van der Waals surface area contributed by atoms with E-state index < -0.39 is 21.8 Å². The van der Waals surface area contributed by atoms with Crippen LogP contribution in [0, 0.1) is 6.92 Å². The Hall–Kier alpha value is -3.89. The number of halogens is 3. The maximum Gasteiger partial charge on any atom is 0.335 e. The van der Waals surface area contributed by atoms with Crippen LogP contribution in [-0.2, 0) is 10.0 Å². The monoisotopic (exact) mass is 602 g/mol. The van der Waals surface area contributed by atoms with Crippen molar-refractivity contribution in [1.29, 1.82) is 0 Å². The SMILES string of the molecule is CC1=C(F)CC=CC=C1F.COc1ccc(Cl)cc1-c1ccc(C)n1-c1cc(C(=O)O)cc(N2CCCS2(=O)=O)c1. The van der Waals surface area contributed by atoms with Crippen molar-refractivity contribution < 1.29 is 31.8 Å². The molecule has 1 saturated heterocycles. The molecule has 0 bridgehead atoms. The van der Waals surface area contributed by atoms with E-state index in [-0.39, 0.29) is 29.1 Å². The summed E-state index contributed by atoms with van der Waals surface area (Å²) in [6, 6.07) is 13.7. The van der Waals surface area contributed by atoms with E-state index in [0.29, 0.717) is 35.1 Å². The third-order valence-corrected chi connectivity index (χ3v) is 8.85. The number of ether oxygens (including phenoxy) is 1. The average Bonchev–Trinajstić information content (AvgIpc) is 3.46. The molecule has 1 aliphatic heterocycles. The minimum absolute atomic E-state index is 0.00621. The molecular weight excluding hydrogens is 574 g/mol. The second-order valence-electron chi connectivity index (χ2n) is 9.50. The number of benzene rings is 2. The quantitative estimate of drug-likeness (QED) is 0.329. The van der Waals surface area contributed by atoms with E-state index in [1.54, 1.807) is 37.5 Å². The maximum atomic E-state index is 12.6. The van der Waals surface area contributed by atoms with Gasteiger partial charge in [-0.3, -0.25) is 4.31 Å². The number of aromatic carboxylic acids is 1. The number of anilines is 1. The molecule has 5 rings (SSSR count). The summed E-state index contributed by atoms with van der Waals surface area (Å²) in [6.45, 7) is 3.65. The van der Waals surface area contributed by atoms with Gasteiger partial charge in [-0.2, -0.15) is 0 Å². The summed E-state index contributed by atoms with van der Waals surface area (Å²) in [5, 5.41) is 10.2. The fraction of sp³-hybridized carbons (Fsp3) is 0.233. The molecule has 216 valence electrons. The first kappa shape index (κ1) is 30.1. The van der Waals surface area contributed by atoms with Gasteiger partial charge in [0.15, 0.2) is 0 Å². The normalized spacial score (nSPS) is 16.1. The number of rotatable bonds is 5. The van der Waals surface area contributed by atoms with Crippen LogP contribution in [0.2, 0.25) is 5.02 Å². The van der Waals surface area contributed by atoms with E-state index >= 15 is 0 Å². The Kier molecular flexibility index (Phi) is 9.04. The third kappa shape index (κ3) is 6.55. The Morgan fingerprint density at radius 2 is 1.78 bits per heavy atom. The summed E-state index contributed by atoms with van der Waals surface area (Å²) in [5.41, 5.74) is 3.32. The van der Waals surface area contributed by atoms with E-state index in [9.17, 15) is 27.1 Å². The summed E-state index contributed by atoms with van der Waals surface area (Å²) >= 11 is 6.22. The lowest BCUT2D eigenvalue weighted by Gasteiger charge is -2.21. The molecule has 2 aliphatic rings. The average molecular weight is 603 g/mol. The molecule has 0 radical (unpaired) electrons. The van der Waals surface area contributed by atoms with Crippen LogP contribution < -0.4 is 9.04 Å². The van der Waals surface area contributed by atoms with Gasteiger partial charge in [-0.15, -0.1) is 0 Å². The van der Waals surface area contributed by atoms with E-state index in [1.807, 2.05) is 23.6 Å². The third-order valence-electron chi connectivity index (χ3n) is 6.75. The number of allylic oxidation sites excluding steroid dienone is 6. The van der Waals surface area contributed by atoms with Crippen LogP contribution in [0.3, 0.4) is 0 Å². The second-order valence-corrected chi connectivity index (χ2v) is 12.0. The standard InChI is InChI=1S/C22H21ClN2O5S.C8H8F2/c1-14-4-6-20(19-12-16(23)5-7-21(19)30-2)25(14)18-11-15(22(26)27)10-17(13-18)24-8-3-9-31(24,28)29;1-6-7(9)4-2-3-5-8(6)10/h4-7,10-13H,3,8-9H2,1-2H3,(H,26,27);2-4H,5H2,1H3. The number of sulfonamides is 1. The lowest BCUT2D eigenvalue weighted by Crippen LogP contribution is -2.25. The van der Waals surface area contributed by atoms with Gasteiger partial charge in [0.05, 0.1) is 29.8 Å². The highest BCUT2D eigenvalue weighted by molar-refractivity contribution is 7.93. The van der Waals surface area contributed by atoms with Gasteiger partial charge < -0.3 is 14.4 Å². The predicted octanol–water partition coefficient (Wildman–Crippen LogP) is 7.40. The summed E-state index contributed by atoms with van der Waals surface area (Å²) < 4.78 is 58.8. The van der Waals surface area contributed by atoms with Crippen molar-refractivity contribution >= 4 is 33.3 Å². The molecule has 2 heterocycles. The number of hydrogen-bond acceptors (Lipinski definition) is 4. The predicted molar refractivity (Wildman–Crippen MR) is 157 cm³/mol. The van der Waals surface area contributed by atoms with Crippen LogP contribution in [0.25, 0.3) is 16.9 Å². The smallest absolute Gasteiger partial charge is 0.335 e. The zero-order valence-electron chi connectivity index (χ0n) is 22.7. The molecule has 0 spiro atoms. The van der Waals surface area contributed by atoms with E-state index in [0.717, 1.165) is 17.0 Å². The molecule has 2 aromatic carbocycles. The lowest BCUT2D eigenvalue weighted by atomic mass is 10.1. The van der Waals surface area contributed by atoms with Gasteiger partial charge in [0.1, 0.15) is 17.4 Å². The van der Waals surface area contributed by atoms with Crippen LogP contribution in [-0.4, -0.2) is 43.5 Å². The summed E-state index contributed by atoms with van der Waals surface area (Å²) in [7, 11) is -1.90. The van der Waals surface area contributed by atoms with Crippen molar-refractivity contribution in [3.8, 4) is 22.7 Å². The second kappa shape index (κ2) is 12.3. The Labute approximate surface area is 242 Å². The molecule has 1 fully saturated rings. The summed E-state index contributed by atoms with van der Waals surface area (Å²) in [5.74, 6) is -1.34. The van der Waals surface area contributed by atoms with Crippen LogP contribution in [0.4, 0.5) is 14.5 Å². The van der Waals surface area contributed by atoms with Crippen LogP contribution in [0.1, 0.15) is 35.8 Å². The molecule has 7 nitrogen and oxygen atoms in total. The van der Waals surface area contributed by atoms with Crippen molar-refractivity contribution in [2.45, 2.75) is 26.7 Å². The Balaban J connectivity index is 0.000000328. The number of carboxylic acids is 1.